The van der Waals surface area contributed by atoms with Crippen molar-refractivity contribution in [2.24, 2.45) is 5.73 Å². The highest BCUT2D eigenvalue weighted by atomic mass is 16.3. The fraction of sp³-hybridized carbons (Fsp3) is 0.256. The molecule has 4 amide bonds. The van der Waals surface area contributed by atoms with Gasteiger partial charge in [0.2, 0.25) is 23.6 Å². The van der Waals surface area contributed by atoms with E-state index in [9.17, 15) is 19.5 Å². The first-order valence-corrected chi connectivity index (χ1v) is 18.4. The molecule has 7 rings (SSSR count). The predicted molar refractivity (Wildman–Crippen MR) is 208 cm³/mol. The molecule has 2 aliphatic rings. The molecule has 5 aromatic rings. The van der Waals surface area contributed by atoms with E-state index >= 15 is 4.79 Å². The minimum absolute atomic E-state index is 0.0714. The van der Waals surface area contributed by atoms with E-state index in [1.54, 1.807) is 17.0 Å². The maximum Gasteiger partial charge on any atom is 0.247 e. The maximum absolute atomic E-state index is 15.3. The zero-order chi connectivity index (χ0) is 37.6. The van der Waals surface area contributed by atoms with Gasteiger partial charge in [0.15, 0.2) is 0 Å². The lowest BCUT2D eigenvalue weighted by molar-refractivity contribution is -0.146. The molecule has 0 radical (unpaired) electrons. The first-order valence-electron chi connectivity index (χ1n) is 18.4. The third-order valence-electron chi connectivity index (χ3n) is 10.3. The van der Waals surface area contributed by atoms with Crippen LogP contribution in [-0.2, 0) is 44.9 Å². The molecular weight excluding hydrogens is 681 g/mol. The Labute approximate surface area is 313 Å². The van der Waals surface area contributed by atoms with Crippen molar-refractivity contribution in [1.82, 2.24) is 20.5 Å². The fourth-order valence-electron chi connectivity index (χ4n) is 7.48. The first kappa shape index (κ1) is 36.0. The number of phenolic OH excluding ortho intramolecular Hbond substituents is 1. The summed E-state index contributed by atoms with van der Waals surface area (Å²) in [5.41, 5.74) is 12.1. The summed E-state index contributed by atoms with van der Waals surface area (Å²) in [5, 5.41) is 20.1. The highest BCUT2D eigenvalue weighted by Crippen LogP contribution is 2.30. The fourth-order valence-corrected chi connectivity index (χ4v) is 7.48. The van der Waals surface area contributed by atoms with Crippen LogP contribution in [0.2, 0.25) is 0 Å². The number of carbonyl (C=O) groups excluding carboxylic acids is 4. The molecule has 276 valence electrons. The van der Waals surface area contributed by atoms with Crippen LogP contribution in [0.1, 0.15) is 47.1 Å². The lowest BCUT2D eigenvalue weighted by Gasteiger charge is -2.38. The van der Waals surface area contributed by atoms with E-state index in [1.807, 2.05) is 91.1 Å². The summed E-state index contributed by atoms with van der Waals surface area (Å²) in [6.45, 7) is 0. The summed E-state index contributed by atoms with van der Waals surface area (Å²) in [6, 6.07) is 26.7. The number of hydrogen-bond donors (Lipinski definition) is 6. The monoisotopic (exact) mass is 724 g/mol. The number of allylic oxidation sites excluding steroid dienone is 1. The van der Waals surface area contributed by atoms with Gasteiger partial charge in [-0.1, -0.05) is 84.9 Å². The SMILES string of the molecule is NC(=O)[C@H](Cc1ccc(O)cc1)NC(=O)[C@@H]1CC/C=C/c2cccc(c2)CCC(=O)N[C@@H](Cc2c[nH]c3ccccc23)C(=O)N1C1Cc2ccccc2N1. The van der Waals surface area contributed by atoms with Gasteiger partial charge in [0.25, 0.3) is 0 Å². The third-order valence-corrected chi connectivity index (χ3v) is 10.3. The largest absolute Gasteiger partial charge is 0.508 e. The average molecular weight is 725 g/mol. The smallest absolute Gasteiger partial charge is 0.247 e. The van der Waals surface area contributed by atoms with Crippen molar-refractivity contribution in [2.75, 3.05) is 5.32 Å². The van der Waals surface area contributed by atoms with E-state index in [-0.39, 0.29) is 37.3 Å². The van der Waals surface area contributed by atoms with Gasteiger partial charge >= 0.3 is 0 Å². The van der Waals surface area contributed by atoms with Crippen molar-refractivity contribution in [3.05, 3.63) is 137 Å². The molecule has 4 aromatic carbocycles. The van der Waals surface area contributed by atoms with Crippen molar-refractivity contribution in [2.45, 2.75) is 69.2 Å². The van der Waals surface area contributed by atoms with Crippen LogP contribution in [0.25, 0.3) is 17.0 Å². The summed E-state index contributed by atoms with van der Waals surface area (Å²) in [5.74, 6) is -1.91. The van der Waals surface area contributed by atoms with Crippen molar-refractivity contribution in [3.8, 4) is 5.75 Å². The lowest BCUT2D eigenvalue weighted by Crippen LogP contribution is -2.62. The third kappa shape index (κ3) is 8.31. The Balaban J connectivity index is 1.29. The van der Waals surface area contributed by atoms with Crippen LogP contribution in [0.15, 0.2) is 109 Å². The quantitative estimate of drug-likeness (QED) is 0.135. The van der Waals surface area contributed by atoms with Crippen molar-refractivity contribution >= 4 is 46.3 Å². The standard InChI is InChI=1S/C43H44N6O5/c44-41(52)36(23-29-16-19-32(50)20-17-29)48-42(53)38-15-6-1-8-27-9-7-10-28(22-27)18-21-40(51)47-37(24-31-26-45-35-14-5-3-12-33(31)35)43(54)49(38)39-25-30-11-2-4-13-34(30)46-39/h1-5,7-14,16-17,19-20,22,26,36-39,45-46,50H,6,15,18,21,23-25H2,(H2,44,52)(H,47,51)(H,48,53)/b8-1+/t36-,37-,38-,39?/m0/s1. The lowest BCUT2D eigenvalue weighted by atomic mass is 9.99. The molecule has 7 N–H and O–H groups in total. The Morgan fingerprint density at radius 1 is 0.926 bits per heavy atom. The van der Waals surface area contributed by atoms with Crippen LogP contribution < -0.4 is 21.7 Å². The average Bonchev–Trinajstić information content (AvgIpc) is 3.79. The topological polar surface area (TPSA) is 170 Å². The molecule has 11 heteroatoms. The van der Waals surface area contributed by atoms with Crippen LogP contribution in [0.4, 0.5) is 5.69 Å². The molecule has 0 fully saturated rings. The minimum Gasteiger partial charge on any atom is -0.508 e. The number of nitrogens with two attached hydrogens (primary N) is 1. The highest BCUT2D eigenvalue weighted by molar-refractivity contribution is 5.95. The molecule has 2 aliphatic heterocycles. The van der Waals surface area contributed by atoms with Crippen LogP contribution in [0, 0.1) is 0 Å². The van der Waals surface area contributed by atoms with Gasteiger partial charge in [0.05, 0.1) is 0 Å². The van der Waals surface area contributed by atoms with Gasteiger partial charge < -0.3 is 36.7 Å². The second-order valence-corrected chi connectivity index (χ2v) is 14.0. The number of nitrogens with one attached hydrogen (secondary N) is 4. The highest BCUT2D eigenvalue weighted by Gasteiger charge is 2.41. The number of carbonyl (C=O) groups is 4. The molecule has 0 aliphatic carbocycles. The maximum atomic E-state index is 15.3. The Kier molecular flexibility index (Phi) is 10.7. The van der Waals surface area contributed by atoms with Crippen molar-refractivity contribution in [3.63, 3.8) is 0 Å². The molecule has 0 spiro atoms. The number of amides is 4. The van der Waals surface area contributed by atoms with E-state index in [2.05, 4.69) is 20.9 Å². The number of nitrogens with zero attached hydrogens (tertiary/aromatic N) is 1. The number of rotatable bonds is 8. The molecule has 11 nitrogen and oxygen atoms in total. The number of fused-ring (bicyclic) bond motifs is 4. The number of aromatic nitrogens is 1. The van der Waals surface area contributed by atoms with Gasteiger partial charge in [-0.3, -0.25) is 19.2 Å². The number of primary amides is 1. The molecule has 0 saturated heterocycles. The normalized spacial score (nSPS) is 20.1. The molecule has 0 saturated carbocycles. The molecule has 54 heavy (non-hydrogen) atoms. The molecule has 1 unspecified atom stereocenters. The van der Waals surface area contributed by atoms with Gasteiger partial charge in [-0.2, -0.15) is 0 Å². The Morgan fingerprint density at radius 2 is 1.72 bits per heavy atom. The number of hydrogen-bond acceptors (Lipinski definition) is 6. The number of phenols is 1. The summed E-state index contributed by atoms with van der Waals surface area (Å²) in [7, 11) is 0. The summed E-state index contributed by atoms with van der Waals surface area (Å²) >= 11 is 0. The minimum atomic E-state index is -1.09. The molecule has 4 atom stereocenters. The van der Waals surface area contributed by atoms with Crippen LogP contribution in [0.5, 0.6) is 5.75 Å². The van der Waals surface area contributed by atoms with Gasteiger partial charge in [-0.05, 0) is 71.3 Å². The van der Waals surface area contributed by atoms with E-state index in [0.717, 1.165) is 38.8 Å². The van der Waals surface area contributed by atoms with Crippen LogP contribution in [-0.4, -0.2) is 62.9 Å². The Hall–Kier alpha value is -6.36. The number of aromatic amines is 1. The number of aryl methyl sites for hydroxylation is 1. The summed E-state index contributed by atoms with van der Waals surface area (Å²) < 4.78 is 0. The Bertz CT molecular complexity index is 2170. The van der Waals surface area contributed by atoms with E-state index < -0.39 is 42.0 Å². The van der Waals surface area contributed by atoms with Crippen molar-refractivity contribution < 1.29 is 24.3 Å². The second kappa shape index (κ2) is 16.1. The number of para-hydroxylation sites is 2. The zero-order valence-electron chi connectivity index (χ0n) is 29.8. The number of H-pyrrole nitrogens is 1. The van der Waals surface area contributed by atoms with Gasteiger partial charge in [0, 0.05) is 48.5 Å². The van der Waals surface area contributed by atoms with Gasteiger partial charge in [-0.15, -0.1) is 0 Å². The Morgan fingerprint density at radius 3 is 2.54 bits per heavy atom. The van der Waals surface area contributed by atoms with Crippen LogP contribution in [0.3, 0.4) is 0 Å². The predicted octanol–water partition coefficient (Wildman–Crippen LogP) is 4.74. The van der Waals surface area contributed by atoms with Gasteiger partial charge in [0.1, 0.15) is 30.0 Å². The molecular formula is C43H44N6O5. The number of aromatic hydroxyl groups is 1. The van der Waals surface area contributed by atoms with E-state index in [0.29, 0.717) is 24.8 Å². The van der Waals surface area contributed by atoms with Crippen LogP contribution >= 0.6 is 0 Å². The van der Waals surface area contributed by atoms with E-state index in [1.165, 1.54) is 12.1 Å². The molecule has 3 heterocycles. The van der Waals surface area contributed by atoms with Crippen molar-refractivity contribution in [1.29, 1.82) is 0 Å². The summed E-state index contributed by atoms with van der Waals surface area (Å²) in [4.78, 5) is 61.3. The molecule has 1 aromatic heterocycles. The van der Waals surface area contributed by atoms with Gasteiger partial charge in [-0.25, -0.2) is 0 Å². The number of benzene rings is 4. The summed E-state index contributed by atoms with van der Waals surface area (Å²) in [6.07, 6.45) is 7.19. The first-order chi connectivity index (χ1) is 26.2. The van der Waals surface area contributed by atoms with E-state index in [4.69, 9.17) is 5.73 Å². The second-order valence-electron chi connectivity index (χ2n) is 14.0. The number of anilines is 1. The zero-order valence-corrected chi connectivity index (χ0v) is 29.8. The molecule has 2 bridgehead atoms.